The van der Waals surface area contributed by atoms with Gasteiger partial charge in [0.2, 0.25) is 10.0 Å². The first-order chi connectivity index (χ1) is 18.2. The van der Waals surface area contributed by atoms with Gasteiger partial charge in [-0.05, 0) is 76.3 Å². The van der Waals surface area contributed by atoms with Crippen LogP contribution < -0.4 is 0 Å². The maximum absolute atomic E-state index is 14.3. The van der Waals surface area contributed by atoms with Crippen molar-refractivity contribution in [3.63, 3.8) is 0 Å². The van der Waals surface area contributed by atoms with Gasteiger partial charge in [-0.15, -0.1) is 0 Å². The molecule has 2 aliphatic rings. The zero-order chi connectivity index (χ0) is 28.4. The van der Waals surface area contributed by atoms with Crippen molar-refractivity contribution < 1.29 is 22.5 Å². The van der Waals surface area contributed by atoms with E-state index in [-0.39, 0.29) is 5.91 Å². The molecule has 1 saturated heterocycles. The first-order valence-electron chi connectivity index (χ1n) is 13.0. The molecule has 0 N–H and O–H groups in total. The molecule has 3 aromatic rings. The molecular formula is C29H34BN3O5S. The number of carbonyl (C=O) groups is 1. The molecule has 0 bridgehead atoms. The first-order valence-corrected chi connectivity index (χ1v) is 14.4. The van der Waals surface area contributed by atoms with Gasteiger partial charge in [0.15, 0.2) is 5.65 Å². The molecule has 5 rings (SSSR count). The molecule has 0 spiro atoms. The Hall–Kier alpha value is -3.21. The van der Waals surface area contributed by atoms with Gasteiger partial charge in [-0.2, -0.15) is 0 Å². The summed E-state index contributed by atoms with van der Waals surface area (Å²) in [4.78, 5) is 18.3. The Kier molecular flexibility index (Phi) is 6.44. The average molecular weight is 547 g/mol. The third-order valence-corrected chi connectivity index (χ3v) is 10.3. The van der Waals surface area contributed by atoms with Gasteiger partial charge in [0.05, 0.1) is 11.2 Å². The van der Waals surface area contributed by atoms with Crippen LogP contribution in [-0.4, -0.2) is 65.3 Å². The van der Waals surface area contributed by atoms with E-state index in [0.717, 1.165) is 11.1 Å². The molecule has 0 saturated carbocycles. The molecule has 39 heavy (non-hydrogen) atoms. The number of amides is 1. The van der Waals surface area contributed by atoms with Crippen LogP contribution in [0.15, 0.2) is 72.5 Å². The Labute approximate surface area is 230 Å². The van der Waals surface area contributed by atoms with Crippen LogP contribution in [0.4, 0.5) is 0 Å². The van der Waals surface area contributed by atoms with E-state index >= 15 is 0 Å². The van der Waals surface area contributed by atoms with E-state index in [1.165, 1.54) is 8.87 Å². The van der Waals surface area contributed by atoms with Gasteiger partial charge in [0, 0.05) is 43.0 Å². The Morgan fingerprint density at radius 1 is 1.03 bits per heavy atom. The van der Waals surface area contributed by atoms with Crippen LogP contribution in [0.2, 0.25) is 0 Å². The summed E-state index contributed by atoms with van der Waals surface area (Å²) in [5.74, 6) is -0.101. The van der Waals surface area contributed by atoms with Gasteiger partial charge in [-0.3, -0.25) is 4.79 Å². The minimum absolute atomic E-state index is 0.101. The van der Waals surface area contributed by atoms with Crippen molar-refractivity contribution in [3.05, 3.63) is 78.1 Å². The zero-order valence-corrected chi connectivity index (χ0v) is 24.2. The van der Waals surface area contributed by atoms with E-state index in [0.29, 0.717) is 28.5 Å². The summed E-state index contributed by atoms with van der Waals surface area (Å²) in [6.07, 6.45) is 9.00. The number of carbonyl (C=O) groups excluding carboxylic acids is 1. The van der Waals surface area contributed by atoms with Crippen LogP contribution in [0.25, 0.3) is 22.2 Å². The highest BCUT2D eigenvalue weighted by molar-refractivity contribution is 7.91. The van der Waals surface area contributed by atoms with Crippen LogP contribution in [0, 0.1) is 0 Å². The van der Waals surface area contributed by atoms with Crippen LogP contribution in [0.5, 0.6) is 0 Å². The van der Waals surface area contributed by atoms with Crippen LogP contribution in [0.1, 0.15) is 51.4 Å². The quantitative estimate of drug-likeness (QED) is 0.424. The lowest BCUT2D eigenvalue weighted by atomic mass is 9.74. The molecule has 1 fully saturated rings. The summed E-state index contributed by atoms with van der Waals surface area (Å²) in [5, 5.41) is 0.706. The van der Waals surface area contributed by atoms with E-state index in [1.54, 1.807) is 57.7 Å². The average Bonchev–Trinajstić information content (AvgIpc) is 3.38. The number of benzene rings is 1. The van der Waals surface area contributed by atoms with Gasteiger partial charge in [-0.1, -0.05) is 30.4 Å². The van der Waals surface area contributed by atoms with E-state index in [2.05, 4.69) is 4.98 Å². The van der Waals surface area contributed by atoms with E-state index in [1.807, 2.05) is 58.0 Å². The van der Waals surface area contributed by atoms with Crippen LogP contribution >= 0.6 is 0 Å². The molecule has 2 aromatic heterocycles. The molecule has 1 aliphatic carbocycles. The third kappa shape index (κ3) is 4.44. The SMILES string of the molecule is CN(C)C(=O)c1ccc(-c2cn(S(=O)(=O)C3(C)C=C(B4OC(C)(C)C(C)(C)O4)C=CC3)c3ncccc23)cc1. The van der Waals surface area contributed by atoms with Gasteiger partial charge in [0.25, 0.3) is 5.91 Å². The highest BCUT2D eigenvalue weighted by atomic mass is 32.2. The third-order valence-electron chi connectivity index (χ3n) is 8.06. The smallest absolute Gasteiger partial charge is 0.399 e. The molecule has 1 unspecified atom stereocenters. The van der Waals surface area contributed by atoms with Crippen molar-refractivity contribution in [2.45, 2.75) is 57.0 Å². The summed E-state index contributed by atoms with van der Waals surface area (Å²) in [5.41, 5.74) is 2.01. The van der Waals surface area contributed by atoms with Crippen molar-refractivity contribution in [3.8, 4) is 11.1 Å². The first kappa shape index (κ1) is 27.4. The maximum Gasteiger partial charge on any atom is 0.494 e. The number of hydrogen-bond donors (Lipinski definition) is 0. The number of nitrogens with zero attached hydrogens (tertiary/aromatic N) is 3. The molecule has 1 aliphatic heterocycles. The number of rotatable bonds is 5. The second-order valence-corrected chi connectivity index (χ2v) is 13.9. The lowest BCUT2D eigenvalue weighted by Gasteiger charge is -2.32. The zero-order valence-electron chi connectivity index (χ0n) is 23.4. The van der Waals surface area contributed by atoms with E-state index < -0.39 is 33.1 Å². The summed E-state index contributed by atoms with van der Waals surface area (Å²) in [6, 6.07) is 10.8. The number of allylic oxidation sites excluding steroid dienone is 3. The Bertz CT molecular complexity index is 1600. The predicted molar refractivity (Wildman–Crippen MR) is 154 cm³/mol. The summed E-state index contributed by atoms with van der Waals surface area (Å²) in [7, 11) is -1.24. The summed E-state index contributed by atoms with van der Waals surface area (Å²) >= 11 is 0. The standard InChI is InChI=1S/C29H34BN3O5S/c1-27(2)28(3,4)38-30(37-27)22-10-8-16-29(5,18-22)39(35,36)33-19-24(23-11-9-17-31-25(23)33)20-12-14-21(15-13-20)26(34)32(6)7/h8-15,17-19H,16H2,1-7H3. The number of aromatic nitrogens is 2. The molecule has 1 aromatic carbocycles. The summed E-state index contributed by atoms with van der Waals surface area (Å²) in [6.45, 7) is 9.60. The van der Waals surface area contributed by atoms with Gasteiger partial charge in [-0.25, -0.2) is 17.4 Å². The Balaban J connectivity index is 1.56. The van der Waals surface area contributed by atoms with Crippen molar-refractivity contribution in [2.24, 2.45) is 0 Å². The van der Waals surface area contributed by atoms with E-state index in [9.17, 15) is 13.2 Å². The second kappa shape index (κ2) is 9.18. The number of hydrogen-bond acceptors (Lipinski definition) is 6. The highest BCUT2D eigenvalue weighted by Crippen LogP contribution is 2.42. The van der Waals surface area contributed by atoms with Crippen molar-refractivity contribution in [2.75, 3.05) is 14.1 Å². The topological polar surface area (TPSA) is 90.7 Å². The van der Waals surface area contributed by atoms with Gasteiger partial charge >= 0.3 is 7.12 Å². The predicted octanol–water partition coefficient (Wildman–Crippen LogP) is 4.86. The Morgan fingerprint density at radius 2 is 1.67 bits per heavy atom. The lowest BCUT2D eigenvalue weighted by Crippen LogP contribution is -2.41. The fraction of sp³-hybridized carbons (Fsp3) is 0.379. The largest absolute Gasteiger partial charge is 0.494 e. The molecule has 0 radical (unpaired) electrons. The van der Waals surface area contributed by atoms with Crippen LogP contribution in [-0.2, 0) is 19.3 Å². The normalized spacial score (nSPS) is 22.2. The van der Waals surface area contributed by atoms with Crippen molar-refractivity contribution in [1.82, 2.24) is 13.9 Å². The minimum Gasteiger partial charge on any atom is -0.399 e. The van der Waals surface area contributed by atoms with Crippen molar-refractivity contribution >= 4 is 34.1 Å². The monoisotopic (exact) mass is 547 g/mol. The second-order valence-electron chi connectivity index (χ2n) is 11.6. The molecule has 204 valence electrons. The number of pyridine rings is 1. The lowest BCUT2D eigenvalue weighted by molar-refractivity contribution is 0.00578. The molecule has 8 nitrogen and oxygen atoms in total. The molecule has 10 heteroatoms. The summed E-state index contributed by atoms with van der Waals surface area (Å²) < 4.78 is 41.1. The minimum atomic E-state index is -3.97. The molecule has 3 heterocycles. The maximum atomic E-state index is 14.3. The highest BCUT2D eigenvalue weighted by Gasteiger charge is 2.53. The van der Waals surface area contributed by atoms with Crippen molar-refractivity contribution in [1.29, 1.82) is 0 Å². The molecule has 1 amide bonds. The fourth-order valence-corrected chi connectivity index (χ4v) is 6.57. The molecular weight excluding hydrogens is 513 g/mol. The van der Waals surface area contributed by atoms with Crippen LogP contribution in [0.3, 0.4) is 0 Å². The fourth-order valence-electron chi connectivity index (χ4n) is 4.91. The number of fused-ring (bicyclic) bond motifs is 1. The Morgan fingerprint density at radius 3 is 2.28 bits per heavy atom. The van der Waals surface area contributed by atoms with Gasteiger partial charge in [0.1, 0.15) is 4.75 Å². The van der Waals surface area contributed by atoms with E-state index in [4.69, 9.17) is 9.31 Å². The molecule has 1 atom stereocenters. The van der Waals surface area contributed by atoms with Gasteiger partial charge < -0.3 is 14.2 Å².